The first-order valence-electron chi connectivity index (χ1n) is 5.57. The zero-order chi connectivity index (χ0) is 12.8. The Morgan fingerprint density at radius 2 is 2.18 bits per heavy atom. The highest BCUT2D eigenvalue weighted by molar-refractivity contribution is 9.10. The van der Waals surface area contributed by atoms with Gasteiger partial charge in [0.1, 0.15) is 16.2 Å². The van der Waals surface area contributed by atoms with Crippen molar-refractivity contribution in [3.8, 4) is 0 Å². The molecule has 1 unspecified atom stereocenters. The molecule has 0 fully saturated rings. The van der Waals surface area contributed by atoms with Crippen molar-refractivity contribution in [1.29, 1.82) is 0 Å². The van der Waals surface area contributed by atoms with E-state index in [1.165, 1.54) is 0 Å². The summed E-state index contributed by atoms with van der Waals surface area (Å²) in [6, 6.07) is 1.86. The highest BCUT2D eigenvalue weighted by Gasteiger charge is 2.06. The highest BCUT2D eigenvalue weighted by Crippen LogP contribution is 2.17. The summed E-state index contributed by atoms with van der Waals surface area (Å²) >= 11 is 3.37. The number of hydrogen-bond donors (Lipinski definition) is 1. The Hall–Kier alpha value is -0.490. The smallest absolute Gasteiger partial charge is 0.134 e. The van der Waals surface area contributed by atoms with Crippen LogP contribution >= 0.6 is 15.9 Å². The molecule has 0 aliphatic carbocycles. The van der Waals surface area contributed by atoms with E-state index in [0.29, 0.717) is 5.92 Å². The van der Waals surface area contributed by atoms with Crippen molar-refractivity contribution in [3.05, 3.63) is 16.5 Å². The average molecular weight is 320 g/mol. The molecule has 17 heavy (non-hydrogen) atoms. The van der Waals surface area contributed by atoms with Gasteiger partial charge >= 0.3 is 0 Å². The van der Waals surface area contributed by atoms with Gasteiger partial charge in [-0.25, -0.2) is 9.97 Å². The second-order valence-corrected chi connectivity index (χ2v) is 6.51. The molecule has 6 heteroatoms. The molecule has 0 aliphatic heterocycles. The maximum absolute atomic E-state index is 10.9. The second-order valence-electron chi connectivity index (χ2n) is 4.15. The Morgan fingerprint density at radius 1 is 1.47 bits per heavy atom. The molecule has 1 aromatic rings. The first kappa shape index (κ1) is 14.6. The molecule has 1 N–H and O–H groups in total. The topological polar surface area (TPSA) is 54.9 Å². The zero-order valence-electron chi connectivity index (χ0n) is 10.4. The first-order chi connectivity index (χ1) is 7.99. The minimum atomic E-state index is -0.722. The van der Waals surface area contributed by atoms with E-state index in [-0.39, 0.29) is 0 Å². The molecule has 1 atom stereocenters. The summed E-state index contributed by atoms with van der Waals surface area (Å²) in [5.41, 5.74) is 0. The van der Waals surface area contributed by atoms with Crippen molar-refractivity contribution in [2.24, 2.45) is 0 Å². The molecule has 1 heterocycles. The van der Waals surface area contributed by atoms with Crippen molar-refractivity contribution in [1.82, 2.24) is 9.97 Å². The predicted molar refractivity (Wildman–Crippen MR) is 75.9 cm³/mol. The van der Waals surface area contributed by atoms with Gasteiger partial charge in [-0.1, -0.05) is 13.8 Å². The minimum Gasteiger partial charge on any atom is -0.370 e. The Kier molecular flexibility index (Phi) is 6.05. The number of rotatable bonds is 6. The molecular weight excluding hydrogens is 302 g/mol. The van der Waals surface area contributed by atoms with Gasteiger partial charge in [-0.15, -0.1) is 0 Å². The third-order valence-corrected chi connectivity index (χ3v) is 3.41. The molecule has 0 saturated carbocycles. The lowest BCUT2D eigenvalue weighted by Crippen LogP contribution is -2.09. The Bertz CT molecular complexity index is 398. The van der Waals surface area contributed by atoms with Gasteiger partial charge in [-0.2, -0.15) is 0 Å². The maximum atomic E-state index is 10.9. The van der Waals surface area contributed by atoms with Crippen LogP contribution in [0.2, 0.25) is 0 Å². The molecule has 0 bridgehead atoms. The lowest BCUT2D eigenvalue weighted by molar-refractivity contribution is 0.685. The van der Waals surface area contributed by atoms with Crippen LogP contribution in [0.5, 0.6) is 0 Å². The van der Waals surface area contributed by atoms with Crippen molar-refractivity contribution in [3.63, 3.8) is 0 Å². The fourth-order valence-corrected chi connectivity index (χ4v) is 2.23. The SMILES string of the molecule is CC(C)c1nc(Br)cc(NCCCS(C)=O)n1. The molecule has 4 nitrogen and oxygen atoms in total. The molecule has 1 rings (SSSR count). The van der Waals surface area contributed by atoms with Crippen molar-refractivity contribution in [2.45, 2.75) is 26.2 Å². The van der Waals surface area contributed by atoms with Gasteiger partial charge < -0.3 is 5.32 Å². The van der Waals surface area contributed by atoms with Gasteiger partial charge in [0.2, 0.25) is 0 Å². The van der Waals surface area contributed by atoms with Crippen LogP contribution in [0.1, 0.15) is 32.0 Å². The number of nitrogens with zero attached hydrogens (tertiary/aromatic N) is 2. The van der Waals surface area contributed by atoms with E-state index in [4.69, 9.17) is 0 Å². The Labute approximate surface area is 113 Å². The molecule has 0 saturated heterocycles. The molecule has 96 valence electrons. The van der Waals surface area contributed by atoms with Gasteiger partial charge in [-0.05, 0) is 22.4 Å². The Morgan fingerprint density at radius 3 is 2.76 bits per heavy atom. The number of halogens is 1. The molecule has 0 aromatic carbocycles. The predicted octanol–water partition coefficient (Wildman–Crippen LogP) is 2.54. The van der Waals surface area contributed by atoms with Crippen LogP contribution in [0.4, 0.5) is 5.82 Å². The van der Waals surface area contributed by atoms with Gasteiger partial charge in [0.05, 0.1) is 0 Å². The number of nitrogens with one attached hydrogen (secondary N) is 1. The maximum Gasteiger partial charge on any atom is 0.134 e. The van der Waals surface area contributed by atoms with Crippen LogP contribution < -0.4 is 5.32 Å². The van der Waals surface area contributed by atoms with Gasteiger partial charge in [0, 0.05) is 41.3 Å². The molecule has 0 amide bonds. The van der Waals surface area contributed by atoms with Gasteiger partial charge in [0.15, 0.2) is 0 Å². The second kappa shape index (κ2) is 7.06. The van der Waals surface area contributed by atoms with Crippen molar-refractivity contribution >= 4 is 32.5 Å². The highest BCUT2D eigenvalue weighted by atomic mass is 79.9. The number of hydrogen-bond acceptors (Lipinski definition) is 4. The lowest BCUT2D eigenvalue weighted by atomic mass is 10.2. The number of aromatic nitrogens is 2. The quantitative estimate of drug-likeness (QED) is 0.646. The fourth-order valence-electron chi connectivity index (χ4n) is 1.28. The van der Waals surface area contributed by atoms with Crippen LogP contribution in [0.3, 0.4) is 0 Å². The van der Waals surface area contributed by atoms with Crippen LogP contribution in [0, 0.1) is 0 Å². The first-order valence-corrected chi connectivity index (χ1v) is 8.09. The monoisotopic (exact) mass is 319 g/mol. The Balaban J connectivity index is 2.55. The fraction of sp³-hybridized carbons (Fsp3) is 0.636. The van der Waals surface area contributed by atoms with Gasteiger partial charge in [-0.3, -0.25) is 4.21 Å². The van der Waals surface area contributed by atoms with E-state index in [1.54, 1.807) is 6.26 Å². The summed E-state index contributed by atoms with van der Waals surface area (Å²) in [5, 5.41) is 3.22. The normalized spacial score (nSPS) is 12.8. The number of anilines is 1. The molecule has 0 aliphatic rings. The summed E-state index contributed by atoms with van der Waals surface area (Å²) < 4.78 is 11.7. The van der Waals surface area contributed by atoms with Gasteiger partial charge in [0.25, 0.3) is 0 Å². The van der Waals surface area contributed by atoms with E-state index in [0.717, 1.165) is 35.0 Å². The summed E-state index contributed by atoms with van der Waals surface area (Å²) in [5.74, 6) is 2.66. The summed E-state index contributed by atoms with van der Waals surface area (Å²) in [6.45, 7) is 4.90. The van der Waals surface area contributed by atoms with E-state index < -0.39 is 10.8 Å². The molecule has 1 aromatic heterocycles. The van der Waals surface area contributed by atoms with Crippen molar-refractivity contribution in [2.75, 3.05) is 23.9 Å². The zero-order valence-corrected chi connectivity index (χ0v) is 12.8. The standard InChI is InChI=1S/C11H18BrN3OS/c1-8(2)11-14-9(12)7-10(15-11)13-5-4-6-17(3)16/h7-8H,4-6H2,1-3H3,(H,13,14,15). The molecular formula is C11H18BrN3OS. The van der Waals surface area contributed by atoms with Crippen LogP contribution in [0.15, 0.2) is 10.7 Å². The third kappa shape index (κ3) is 5.59. The summed E-state index contributed by atoms with van der Waals surface area (Å²) in [4.78, 5) is 8.73. The minimum absolute atomic E-state index is 0.302. The van der Waals surface area contributed by atoms with Crippen LogP contribution in [-0.4, -0.2) is 32.7 Å². The van der Waals surface area contributed by atoms with E-state index >= 15 is 0 Å². The van der Waals surface area contributed by atoms with E-state index in [2.05, 4.69) is 45.1 Å². The largest absolute Gasteiger partial charge is 0.370 e. The molecule has 0 spiro atoms. The lowest BCUT2D eigenvalue weighted by Gasteiger charge is -2.09. The molecule has 0 radical (unpaired) electrons. The van der Waals surface area contributed by atoms with Crippen LogP contribution in [0.25, 0.3) is 0 Å². The van der Waals surface area contributed by atoms with E-state index in [9.17, 15) is 4.21 Å². The summed E-state index contributed by atoms with van der Waals surface area (Å²) in [6.07, 6.45) is 2.60. The van der Waals surface area contributed by atoms with Crippen molar-refractivity contribution < 1.29 is 4.21 Å². The summed E-state index contributed by atoms with van der Waals surface area (Å²) in [7, 11) is -0.722. The third-order valence-electron chi connectivity index (χ3n) is 2.14. The van der Waals surface area contributed by atoms with E-state index in [1.807, 2.05) is 6.07 Å². The van der Waals surface area contributed by atoms with Crippen LogP contribution in [-0.2, 0) is 10.8 Å². The average Bonchev–Trinajstić information content (AvgIpc) is 2.23.